The summed E-state index contributed by atoms with van der Waals surface area (Å²) >= 11 is 0. The molecule has 0 aliphatic carbocycles. The quantitative estimate of drug-likeness (QED) is 0.687. The van der Waals surface area contributed by atoms with E-state index in [-0.39, 0.29) is 0 Å². The summed E-state index contributed by atoms with van der Waals surface area (Å²) in [7, 11) is 4.08. The SMILES string of the molecule is CCCCOc1cc(N(C)C)ccc1C. The minimum Gasteiger partial charge on any atom is -0.493 e. The zero-order chi connectivity index (χ0) is 11.3. The summed E-state index contributed by atoms with van der Waals surface area (Å²) in [4.78, 5) is 2.09. The molecule has 1 rings (SSSR count). The maximum absolute atomic E-state index is 5.74. The second-order valence-electron chi connectivity index (χ2n) is 4.05. The van der Waals surface area contributed by atoms with Crippen molar-refractivity contribution in [1.82, 2.24) is 0 Å². The molecule has 2 nitrogen and oxygen atoms in total. The molecule has 1 aromatic rings. The van der Waals surface area contributed by atoms with Gasteiger partial charge in [0.25, 0.3) is 0 Å². The lowest BCUT2D eigenvalue weighted by atomic mass is 10.2. The average molecular weight is 207 g/mol. The number of anilines is 1. The largest absolute Gasteiger partial charge is 0.493 e. The van der Waals surface area contributed by atoms with Gasteiger partial charge in [-0.2, -0.15) is 0 Å². The van der Waals surface area contributed by atoms with E-state index in [1.807, 2.05) is 14.1 Å². The molecule has 0 aliphatic rings. The fourth-order valence-corrected chi connectivity index (χ4v) is 1.35. The summed E-state index contributed by atoms with van der Waals surface area (Å²) in [6, 6.07) is 6.32. The van der Waals surface area contributed by atoms with E-state index >= 15 is 0 Å². The van der Waals surface area contributed by atoms with Gasteiger partial charge in [0.15, 0.2) is 0 Å². The highest BCUT2D eigenvalue weighted by atomic mass is 16.5. The lowest BCUT2D eigenvalue weighted by Crippen LogP contribution is -2.09. The Balaban J connectivity index is 2.72. The van der Waals surface area contributed by atoms with Crippen molar-refractivity contribution >= 4 is 5.69 Å². The topological polar surface area (TPSA) is 12.5 Å². The van der Waals surface area contributed by atoms with Crippen molar-refractivity contribution in [3.63, 3.8) is 0 Å². The first-order valence-electron chi connectivity index (χ1n) is 5.56. The summed E-state index contributed by atoms with van der Waals surface area (Å²) < 4.78 is 5.74. The molecule has 0 unspecified atom stereocenters. The fraction of sp³-hybridized carbons (Fsp3) is 0.538. The van der Waals surface area contributed by atoms with Crippen LogP contribution in [0, 0.1) is 6.92 Å². The van der Waals surface area contributed by atoms with Crippen LogP contribution in [-0.2, 0) is 0 Å². The fourth-order valence-electron chi connectivity index (χ4n) is 1.35. The van der Waals surface area contributed by atoms with E-state index in [0.717, 1.165) is 18.8 Å². The highest BCUT2D eigenvalue weighted by Gasteiger charge is 2.02. The maximum Gasteiger partial charge on any atom is 0.124 e. The third-order valence-electron chi connectivity index (χ3n) is 2.44. The molecule has 15 heavy (non-hydrogen) atoms. The molecule has 0 saturated carbocycles. The highest BCUT2D eigenvalue weighted by Crippen LogP contribution is 2.24. The van der Waals surface area contributed by atoms with Crippen molar-refractivity contribution in [2.75, 3.05) is 25.6 Å². The first-order valence-corrected chi connectivity index (χ1v) is 5.56. The van der Waals surface area contributed by atoms with Gasteiger partial charge in [0.1, 0.15) is 5.75 Å². The Bertz CT molecular complexity index is 307. The number of hydrogen-bond donors (Lipinski definition) is 0. The monoisotopic (exact) mass is 207 g/mol. The molecule has 1 aromatic carbocycles. The van der Waals surface area contributed by atoms with Gasteiger partial charge in [-0.25, -0.2) is 0 Å². The van der Waals surface area contributed by atoms with E-state index in [0.29, 0.717) is 0 Å². The van der Waals surface area contributed by atoms with E-state index in [1.54, 1.807) is 0 Å². The normalized spacial score (nSPS) is 10.1. The molecular weight excluding hydrogens is 186 g/mol. The molecule has 0 spiro atoms. The number of unbranched alkanes of at least 4 members (excludes halogenated alkanes) is 1. The zero-order valence-corrected chi connectivity index (χ0v) is 10.2. The molecule has 2 heteroatoms. The molecule has 0 amide bonds. The summed E-state index contributed by atoms with van der Waals surface area (Å²) in [6.45, 7) is 5.07. The molecule has 0 aromatic heterocycles. The second-order valence-corrected chi connectivity index (χ2v) is 4.05. The van der Waals surface area contributed by atoms with Crippen LogP contribution in [0.3, 0.4) is 0 Å². The van der Waals surface area contributed by atoms with Gasteiger partial charge in [0.2, 0.25) is 0 Å². The molecular formula is C13H21NO. The van der Waals surface area contributed by atoms with Crippen molar-refractivity contribution < 1.29 is 4.74 Å². The van der Waals surface area contributed by atoms with Gasteiger partial charge in [0, 0.05) is 25.8 Å². The van der Waals surface area contributed by atoms with Crippen LogP contribution in [0.2, 0.25) is 0 Å². The van der Waals surface area contributed by atoms with Crippen LogP contribution in [0.25, 0.3) is 0 Å². The van der Waals surface area contributed by atoms with Crippen LogP contribution < -0.4 is 9.64 Å². The predicted octanol–water partition coefficient (Wildman–Crippen LogP) is 3.24. The molecule has 0 heterocycles. The Morgan fingerprint density at radius 2 is 2.00 bits per heavy atom. The first-order chi connectivity index (χ1) is 7.15. The Hall–Kier alpha value is -1.18. The molecule has 0 atom stereocenters. The number of benzene rings is 1. The van der Waals surface area contributed by atoms with E-state index in [1.165, 1.54) is 17.7 Å². The van der Waals surface area contributed by atoms with Crippen LogP contribution in [0.1, 0.15) is 25.3 Å². The van der Waals surface area contributed by atoms with Gasteiger partial charge in [0.05, 0.1) is 6.61 Å². The van der Waals surface area contributed by atoms with Gasteiger partial charge >= 0.3 is 0 Å². The minimum atomic E-state index is 0.814. The Kier molecular flexibility index (Phi) is 4.47. The zero-order valence-electron chi connectivity index (χ0n) is 10.2. The molecule has 0 bridgehead atoms. The second kappa shape index (κ2) is 5.64. The van der Waals surface area contributed by atoms with Gasteiger partial charge < -0.3 is 9.64 Å². The van der Waals surface area contributed by atoms with Gasteiger partial charge in [-0.05, 0) is 25.0 Å². The van der Waals surface area contributed by atoms with E-state index in [4.69, 9.17) is 4.74 Å². The smallest absolute Gasteiger partial charge is 0.124 e. The third-order valence-corrected chi connectivity index (χ3v) is 2.44. The van der Waals surface area contributed by atoms with Crippen molar-refractivity contribution in [3.8, 4) is 5.75 Å². The van der Waals surface area contributed by atoms with Crippen LogP contribution in [0.4, 0.5) is 5.69 Å². The minimum absolute atomic E-state index is 0.814. The number of nitrogens with zero attached hydrogens (tertiary/aromatic N) is 1. The third kappa shape index (κ3) is 3.46. The molecule has 84 valence electrons. The number of rotatable bonds is 5. The number of ether oxygens (including phenoxy) is 1. The number of aryl methyl sites for hydroxylation is 1. The predicted molar refractivity (Wildman–Crippen MR) is 65.9 cm³/mol. The molecule has 0 N–H and O–H groups in total. The van der Waals surface area contributed by atoms with Gasteiger partial charge in [-0.15, -0.1) is 0 Å². The van der Waals surface area contributed by atoms with E-state index in [2.05, 4.69) is 36.9 Å². The van der Waals surface area contributed by atoms with Crippen molar-refractivity contribution in [2.24, 2.45) is 0 Å². The Morgan fingerprint density at radius 1 is 1.27 bits per heavy atom. The molecule has 0 aliphatic heterocycles. The van der Waals surface area contributed by atoms with Crippen LogP contribution in [-0.4, -0.2) is 20.7 Å². The van der Waals surface area contributed by atoms with E-state index < -0.39 is 0 Å². The molecule has 0 radical (unpaired) electrons. The molecule has 0 fully saturated rings. The van der Waals surface area contributed by atoms with E-state index in [9.17, 15) is 0 Å². The number of hydrogen-bond acceptors (Lipinski definition) is 2. The lowest BCUT2D eigenvalue weighted by molar-refractivity contribution is 0.307. The Labute approximate surface area is 92.9 Å². The summed E-state index contributed by atoms with van der Waals surface area (Å²) in [5.41, 5.74) is 2.39. The summed E-state index contributed by atoms with van der Waals surface area (Å²) in [5.74, 6) is 1.01. The van der Waals surface area contributed by atoms with Crippen LogP contribution in [0.15, 0.2) is 18.2 Å². The van der Waals surface area contributed by atoms with Crippen LogP contribution >= 0.6 is 0 Å². The first kappa shape index (κ1) is 11.9. The lowest BCUT2D eigenvalue weighted by Gasteiger charge is -2.15. The van der Waals surface area contributed by atoms with Crippen molar-refractivity contribution in [2.45, 2.75) is 26.7 Å². The van der Waals surface area contributed by atoms with Gasteiger partial charge in [-0.3, -0.25) is 0 Å². The summed E-state index contributed by atoms with van der Waals surface area (Å²) in [6.07, 6.45) is 2.29. The summed E-state index contributed by atoms with van der Waals surface area (Å²) in [5, 5.41) is 0. The highest BCUT2D eigenvalue weighted by molar-refractivity contribution is 5.52. The Morgan fingerprint density at radius 3 is 2.60 bits per heavy atom. The maximum atomic E-state index is 5.74. The average Bonchev–Trinajstić information content (AvgIpc) is 2.20. The molecule has 0 saturated heterocycles. The van der Waals surface area contributed by atoms with Crippen molar-refractivity contribution in [1.29, 1.82) is 0 Å². The standard InChI is InChI=1S/C13H21NO/c1-5-6-9-15-13-10-12(14(3)4)8-7-11(13)2/h7-8,10H,5-6,9H2,1-4H3. The van der Waals surface area contributed by atoms with Gasteiger partial charge in [-0.1, -0.05) is 19.4 Å². The van der Waals surface area contributed by atoms with Crippen LogP contribution in [0.5, 0.6) is 5.75 Å². The van der Waals surface area contributed by atoms with Crippen molar-refractivity contribution in [3.05, 3.63) is 23.8 Å².